The number of cyclic esters (lactones) is 1. The molecule has 1 N–H and O–H groups in total. The van der Waals surface area contributed by atoms with Crippen LogP contribution < -0.4 is 10.1 Å². The predicted octanol–water partition coefficient (Wildman–Crippen LogP) is 6.80. The number of hydrogen-bond donors (Lipinski definition) is 1. The number of hydrogen-bond acceptors (Lipinski definition) is 3. The summed E-state index contributed by atoms with van der Waals surface area (Å²) in [4.78, 5) is 11.5. The van der Waals surface area contributed by atoms with E-state index in [-0.39, 0.29) is 49.8 Å². The van der Waals surface area contributed by atoms with Gasteiger partial charge >= 0.3 is 12.3 Å². The van der Waals surface area contributed by atoms with E-state index in [9.17, 15) is 26.7 Å². The second-order valence-electron chi connectivity index (χ2n) is 9.11. The van der Waals surface area contributed by atoms with Gasteiger partial charge in [0.2, 0.25) is 0 Å². The number of rotatable bonds is 5. The van der Waals surface area contributed by atoms with Crippen molar-refractivity contribution in [3.63, 3.8) is 0 Å². The lowest BCUT2D eigenvalue weighted by Gasteiger charge is -2.33. The minimum absolute atomic E-state index is 0.0243. The van der Waals surface area contributed by atoms with Crippen LogP contribution in [0.3, 0.4) is 0 Å². The van der Waals surface area contributed by atoms with Crippen LogP contribution in [0.4, 0.5) is 26.7 Å². The zero-order valence-electron chi connectivity index (χ0n) is 18.4. The third-order valence-corrected chi connectivity index (χ3v) is 6.81. The average Bonchev–Trinajstić information content (AvgIpc) is 3.12. The zero-order valence-corrected chi connectivity index (χ0v) is 18.4. The van der Waals surface area contributed by atoms with Crippen molar-refractivity contribution in [2.75, 3.05) is 6.61 Å². The minimum atomic E-state index is -4.67. The summed E-state index contributed by atoms with van der Waals surface area (Å²) in [6.07, 6.45) is -5.04. The molecular formula is C24H26F5NO3. The molecule has 0 unspecified atom stereocenters. The standard InChI is InChI=1S/C24H26F5NO3/c1-3-23(25,26)15-5-8-17(9-6-15)33-19-11-4-14-12-16(22(2)13-32-21(31)30-22)7-10-18(14)20(19)24(27,28)29/h4,7,10-12,15,17H,3,5-6,8-9,13H2,1-2H3,(H,30,31)/t15?,17?,22-/m0/s1. The Balaban J connectivity index is 1.61. The summed E-state index contributed by atoms with van der Waals surface area (Å²) < 4.78 is 80.8. The molecule has 4 rings (SSSR count). The van der Waals surface area contributed by atoms with Crippen LogP contribution in [0.1, 0.15) is 57.1 Å². The summed E-state index contributed by atoms with van der Waals surface area (Å²) in [6.45, 7) is 3.25. The van der Waals surface area contributed by atoms with Crippen molar-refractivity contribution >= 4 is 16.9 Å². The lowest BCUT2D eigenvalue weighted by Crippen LogP contribution is -2.37. The third-order valence-electron chi connectivity index (χ3n) is 6.81. The molecule has 2 aliphatic rings. The van der Waals surface area contributed by atoms with E-state index >= 15 is 0 Å². The average molecular weight is 471 g/mol. The number of alkyl halides is 5. The van der Waals surface area contributed by atoms with Gasteiger partial charge in [-0.25, -0.2) is 13.6 Å². The molecule has 1 atom stereocenters. The highest BCUT2D eigenvalue weighted by Crippen LogP contribution is 2.44. The maximum Gasteiger partial charge on any atom is 0.420 e. The van der Waals surface area contributed by atoms with Crippen LogP contribution in [-0.4, -0.2) is 24.7 Å². The summed E-state index contributed by atoms with van der Waals surface area (Å²) in [5, 5.41) is 3.00. The van der Waals surface area contributed by atoms with E-state index in [1.165, 1.54) is 25.1 Å². The molecule has 2 fully saturated rings. The molecule has 2 aromatic rings. The van der Waals surface area contributed by atoms with E-state index in [1.807, 2.05) is 0 Å². The van der Waals surface area contributed by atoms with Gasteiger partial charge in [-0.2, -0.15) is 13.2 Å². The number of benzene rings is 2. The number of carbonyl (C=O) groups is 1. The smallest absolute Gasteiger partial charge is 0.420 e. The molecule has 9 heteroatoms. The molecule has 0 radical (unpaired) electrons. The Morgan fingerprint density at radius 3 is 2.36 bits per heavy atom. The van der Waals surface area contributed by atoms with Crippen molar-refractivity contribution in [1.29, 1.82) is 0 Å². The van der Waals surface area contributed by atoms with Gasteiger partial charge in [0.1, 0.15) is 17.9 Å². The van der Waals surface area contributed by atoms with Gasteiger partial charge in [0.25, 0.3) is 5.92 Å². The Labute approximate surface area is 188 Å². The second kappa shape index (κ2) is 8.33. The van der Waals surface area contributed by atoms with Gasteiger partial charge in [0.15, 0.2) is 0 Å². The van der Waals surface area contributed by atoms with Crippen molar-refractivity contribution < 1.29 is 36.2 Å². The van der Waals surface area contributed by atoms with Crippen LogP contribution in [0.25, 0.3) is 10.8 Å². The van der Waals surface area contributed by atoms with Gasteiger partial charge in [-0.1, -0.05) is 25.1 Å². The Hall–Kier alpha value is -2.58. The first-order valence-electron chi connectivity index (χ1n) is 11.1. The first kappa shape index (κ1) is 23.6. The van der Waals surface area contributed by atoms with Crippen LogP contribution in [0.15, 0.2) is 30.3 Å². The van der Waals surface area contributed by atoms with Crippen LogP contribution in [-0.2, 0) is 16.5 Å². The molecule has 1 heterocycles. The molecule has 1 aliphatic carbocycles. The van der Waals surface area contributed by atoms with E-state index in [1.54, 1.807) is 19.1 Å². The number of halogens is 5. The number of fused-ring (bicyclic) bond motifs is 1. The quantitative estimate of drug-likeness (QED) is 0.488. The van der Waals surface area contributed by atoms with E-state index < -0.39 is 41.3 Å². The van der Waals surface area contributed by atoms with Crippen LogP contribution in [0.2, 0.25) is 0 Å². The topological polar surface area (TPSA) is 47.6 Å². The fourth-order valence-corrected chi connectivity index (χ4v) is 4.78. The highest BCUT2D eigenvalue weighted by Gasteiger charge is 2.42. The summed E-state index contributed by atoms with van der Waals surface area (Å²) in [7, 11) is 0. The molecule has 33 heavy (non-hydrogen) atoms. The fourth-order valence-electron chi connectivity index (χ4n) is 4.78. The van der Waals surface area contributed by atoms with E-state index in [0.29, 0.717) is 10.9 Å². The Bertz CT molecular complexity index is 1050. The lowest BCUT2D eigenvalue weighted by molar-refractivity contribution is -0.138. The van der Waals surface area contributed by atoms with Gasteiger partial charge in [0, 0.05) is 12.3 Å². The Kier molecular flexibility index (Phi) is 5.95. The SMILES string of the molecule is CCC(F)(F)C1CCC(Oc2ccc3cc([C@]4(C)COC(=O)N4)ccc3c2C(F)(F)F)CC1. The lowest BCUT2D eigenvalue weighted by atomic mass is 9.82. The molecule has 1 amide bonds. The van der Waals surface area contributed by atoms with Crippen molar-refractivity contribution in [3.05, 3.63) is 41.5 Å². The fraction of sp³-hybridized carbons (Fsp3) is 0.542. The molecule has 1 saturated heterocycles. The molecule has 2 aromatic carbocycles. The van der Waals surface area contributed by atoms with Crippen molar-refractivity contribution in [1.82, 2.24) is 5.32 Å². The maximum absolute atomic E-state index is 14.1. The van der Waals surface area contributed by atoms with Crippen LogP contribution in [0, 0.1) is 5.92 Å². The van der Waals surface area contributed by atoms with E-state index in [4.69, 9.17) is 9.47 Å². The summed E-state index contributed by atoms with van der Waals surface area (Å²) in [5.41, 5.74) is -1.10. The number of amides is 1. The largest absolute Gasteiger partial charge is 0.490 e. The first-order valence-corrected chi connectivity index (χ1v) is 11.1. The minimum Gasteiger partial charge on any atom is -0.490 e. The second-order valence-corrected chi connectivity index (χ2v) is 9.11. The van der Waals surface area contributed by atoms with E-state index in [0.717, 1.165) is 0 Å². The maximum atomic E-state index is 14.1. The molecule has 1 aliphatic heterocycles. The van der Waals surface area contributed by atoms with Crippen molar-refractivity contribution in [3.8, 4) is 5.75 Å². The molecule has 1 saturated carbocycles. The van der Waals surface area contributed by atoms with Gasteiger partial charge < -0.3 is 14.8 Å². The van der Waals surface area contributed by atoms with Crippen molar-refractivity contribution in [2.45, 2.75) is 69.7 Å². The van der Waals surface area contributed by atoms with Gasteiger partial charge in [-0.05, 0) is 61.1 Å². The Morgan fingerprint density at radius 2 is 1.79 bits per heavy atom. The molecule has 0 spiro atoms. The number of carbonyl (C=O) groups excluding carboxylic acids is 1. The molecule has 4 nitrogen and oxygen atoms in total. The summed E-state index contributed by atoms with van der Waals surface area (Å²) >= 11 is 0. The van der Waals surface area contributed by atoms with E-state index in [2.05, 4.69) is 5.32 Å². The molecule has 180 valence electrons. The first-order chi connectivity index (χ1) is 15.4. The molecule has 0 aromatic heterocycles. The van der Waals surface area contributed by atoms with Crippen LogP contribution in [0.5, 0.6) is 5.75 Å². The third kappa shape index (κ3) is 4.59. The monoisotopic (exact) mass is 471 g/mol. The Morgan fingerprint density at radius 1 is 1.09 bits per heavy atom. The number of nitrogens with one attached hydrogen (secondary N) is 1. The highest BCUT2D eigenvalue weighted by molar-refractivity contribution is 5.89. The highest BCUT2D eigenvalue weighted by atomic mass is 19.4. The van der Waals surface area contributed by atoms with Crippen molar-refractivity contribution in [2.24, 2.45) is 5.92 Å². The van der Waals surface area contributed by atoms with Gasteiger partial charge in [-0.15, -0.1) is 0 Å². The molecule has 0 bridgehead atoms. The zero-order chi connectivity index (χ0) is 24.0. The van der Waals surface area contributed by atoms with Crippen LogP contribution >= 0.6 is 0 Å². The summed E-state index contributed by atoms with van der Waals surface area (Å²) in [5.74, 6) is -3.82. The normalized spacial score (nSPS) is 26.2. The molecular weight excluding hydrogens is 445 g/mol. The number of ether oxygens (including phenoxy) is 2. The summed E-state index contributed by atoms with van der Waals surface area (Å²) in [6, 6.07) is 7.33. The predicted molar refractivity (Wildman–Crippen MR) is 112 cm³/mol. The number of alkyl carbamates (subject to hydrolysis) is 1. The van der Waals surface area contributed by atoms with Gasteiger partial charge in [-0.3, -0.25) is 0 Å². The van der Waals surface area contributed by atoms with Gasteiger partial charge in [0.05, 0.1) is 11.6 Å².